The fraction of sp³-hybridized carbons (Fsp3) is 0.533. The molecule has 1 amide bonds. The molecule has 1 unspecified atom stereocenters. The highest BCUT2D eigenvalue weighted by atomic mass is 19.1. The fourth-order valence-corrected chi connectivity index (χ4v) is 2.03. The Kier molecular flexibility index (Phi) is 6.42. The number of nitrogens with one attached hydrogen (secondary N) is 1. The number of benzene rings is 1. The van der Waals surface area contributed by atoms with Crippen LogP contribution in [-0.2, 0) is 0 Å². The van der Waals surface area contributed by atoms with Gasteiger partial charge in [-0.25, -0.2) is 8.78 Å². The van der Waals surface area contributed by atoms with E-state index in [0.29, 0.717) is 0 Å². The number of carbonyl (C=O) groups excluding carboxylic acids is 1. The molecule has 0 spiro atoms. The topological polar surface area (TPSA) is 55.1 Å². The van der Waals surface area contributed by atoms with E-state index in [4.69, 9.17) is 5.73 Å². The van der Waals surface area contributed by atoms with Gasteiger partial charge in [-0.1, -0.05) is 32.6 Å². The van der Waals surface area contributed by atoms with Crippen LogP contribution in [0.25, 0.3) is 0 Å². The fourth-order valence-electron chi connectivity index (χ4n) is 2.03. The molecule has 1 atom stereocenters. The molecule has 0 saturated carbocycles. The Morgan fingerprint density at radius 3 is 2.65 bits per heavy atom. The van der Waals surface area contributed by atoms with Crippen LogP contribution in [0.2, 0.25) is 0 Å². The van der Waals surface area contributed by atoms with Crippen LogP contribution in [0.5, 0.6) is 0 Å². The lowest BCUT2D eigenvalue weighted by molar-refractivity contribution is 0.0933. The summed E-state index contributed by atoms with van der Waals surface area (Å²) in [5.41, 5.74) is 4.61. The Morgan fingerprint density at radius 2 is 2.00 bits per heavy atom. The van der Waals surface area contributed by atoms with Crippen LogP contribution in [0, 0.1) is 11.6 Å². The maximum atomic E-state index is 13.7. The Bertz CT molecular complexity index is 463. The van der Waals surface area contributed by atoms with Crippen molar-refractivity contribution in [2.45, 2.75) is 52.0 Å². The van der Waals surface area contributed by atoms with E-state index >= 15 is 0 Å². The van der Waals surface area contributed by atoms with Crippen LogP contribution in [0.15, 0.2) is 12.1 Å². The summed E-state index contributed by atoms with van der Waals surface area (Å²) in [6.45, 7) is 3.98. The Balaban J connectivity index is 2.58. The Hall–Kier alpha value is -1.65. The smallest absolute Gasteiger partial charge is 0.254 e. The van der Waals surface area contributed by atoms with E-state index in [1.165, 1.54) is 0 Å². The SMILES string of the molecule is CCCCCCC(C)NC(=O)c1cc(F)cc(N)c1F. The minimum Gasteiger partial charge on any atom is -0.396 e. The number of unbranched alkanes of at least 4 members (excludes halogenated alkanes) is 3. The van der Waals surface area contributed by atoms with Crippen molar-refractivity contribution < 1.29 is 13.6 Å². The van der Waals surface area contributed by atoms with Crippen molar-refractivity contribution in [1.29, 1.82) is 0 Å². The van der Waals surface area contributed by atoms with Gasteiger partial charge < -0.3 is 11.1 Å². The quantitative estimate of drug-likeness (QED) is 0.593. The largest absolute Gasteiger partial charge is 0.396 e. The zero-order valence-corrected chi connectivity index (χ0v) is 12.0. The third-order valence-corrected chi connectivity index (χ3v) is 3.18. The van der Waals surface area contributed by atoms with Crippen molar-refractivity contribution in [2.75, 3.05) is 5.73 Å². The van der Waals surface area contributed by atoms with Gasteiger partial charge >= 0.3 is 0 Å². The number of carbonyl (C=O) groups is 1. The van der Waals surface area contributed by atoms with E-state index in [9.17, 15) is 13.6 Å². The molecule has 0 bridgehead atoms. The van der Waals surface area contributed by atoms with Gasteiger partial charge in [-0.2, -0.15) is 0 Å². The van der Waals surface area contributed by atoms with E-state index in [2.05, 4.69) is 12.2 Å². The molecule has 5 heteroatoms. The van der Waals surface area contributed by atoms with Crippen molar-refractivity contribution in [3.05, 3.63) is 29.3 Å². The third kappa shape index (κ3) is 4.79. The van der Waals surface area contributed by atoms with Gasteiger partial charge in [0.05, 0.1) is 11.3 Å². The number of nitrogens with two attached hydrogens (primary N) is 1. The highest BCUT2D eigenvalue weighted by Gasteiger charge is 2.17. The predicted octanol–water partition coefficient (Wildman–Crippen LogP) is 3.64. The van der Waals surface area contributed by atoms with Gasteiger partial charge in [0, 0.05) is 6.04 Å². The number of hydrogen-bond donors (Lipinski definition) is 2. The van der Waals surface area contributed by atoms with Crippen molar-refractivity contribution in [3.63, 3.8) is 0 Å². The molecule has 0 saturated heterocycles. The molecule has 112 valence electrons. The molecule has 3 N–H and O–H groups in total. The maximum Gasteiger partial charge on any atom is 0.254 e. The second kappa shape index (κ2) is 7.82. The van der Waals surface area contributed by atoms with Crippen molar-refractivity contribution in [2.24, 2.45) is 0 Å². The van der Waals surface area contributed by atoms with E-state index in [-0.39, 0.29) is 17.3 Å². The molecular formula is C15H22F2N2O. The minimum absolute atomic E-state index is 0.0803. The number of rotatable bonds is 7. The monoisotopic (exact) mass is 284 g/mol. The molecule has 1 aromatic carbocycles. The number of anilines is 1. The molecule has 3 nitrogen and oxygen atoms in total. The molecule has 0 heterocycles. The molecule has 0 aliphatic carbocycles. The molecule has 0 aliphatic heterocycles. The van der Waals surface area contributed by atoms with Gasteiger partial charge in [0.25, 0.3) is 5.91 Å². The van der Waals surface area contributed by atoms with Crippen LogP contribution in [0.1, 0.15) is 56.3 Å². The van der Waals surface area contributed by atoms with Gasteiger partial charge in [0.1, 0.15) is 5.82 Å². The van der Waals surface area contributed by atoms with Crippen LogP contribution < -0.4 is 11.1 Å². The average molecular weight is 284 g/mol. The van der Waals surface area contributed by atoms with Crippen molar-refractivity contribution in [3.8, 4) is 0 Å². The van der Waals surface area contributed by atoms with E-state index < -0.39 is 17.5 Å². The summed E-state index contributed by atoms with van der Waals surface area (Å²) in [6, 6.07) is 1.65. The van der Waals surface area contributed by atoms with Gasteiger partial charge in [-0.05, 0) is 25.5 Å². The van der Waals surface area contributed by atoms with E-state index in [0.717, 1.165) is 44.2 Å². The summed E-state index contributed by atoms with van der Waals surface area (Å²) >= 11 is 0. The molecule has 0 aliphatic rings. The molecular weight excluding hydrogens is 262 g/mol. The predicted molar refractivity (Wildman–Crippen MR) is 76.5 cm³/mol. The highest BCUT2D eigenvalue weighted by molar-refractivity contribution is 5.95. The molecule has 1 rings (SSSR count). The summed E-state index contributed by atoms with van der Waals surface area (Å²) in [5.74, 6) is -2.22. The summed E-state index contributed by atoms with van der Waals surface area (Å²) < 4.78 is 26.8. The van der Waals surface area contributed by atoms with Crippen LogP contribution in [-0.4, -0.2) is 11.9 Å². The number of halogens is 2. The average Bonchev–Trinajstić information content (AvgIpc) is 2.38. The summed E-state index contributed by atoms with van der Waals surface area (Å²) in [4.78, 5) is 11.9. The lowest BCUT2D eigenvalue weighted by Crippen LogP contribution is -2.33. The van der Waals surface area contributed by atoms with Gasteiger partial charge in [0.15, 0.2) is 5.82 Å². The maximum absolute atomic E-state index is 13.7. The zero-order valence-electron chi connectivity index (χ0n) is 12.0. The summed E-state index contributed by atoms with van der Waals surface area (Å²) in [7, 11) is 0. The van der Waals surface area contributed by atoms with Gasteiger partial charge in [0.2, 0.25) is 0 Å². The Labute approximate surface area is 118 Å². The van der Waals surface area contributed by atoms with Crippen LogP contribution >= 0.6 is 0 Å². The van der Waals surface area contributed by atoms with Crippen molar-refractivity contribution >= 4 is 11.6 Å². The minimum atomic E-state index is -0.873. The summed E-state index contributed by atoms with van der Waals surface area (Å²) in [6.07, 6.45) is 5.24. The molecule has 20 heavy (non-hydrogen) atoms. The number of nitrogen functional groups attached to an aromatic ring is 1. The van der Waals surface area contributed by atoms with Crippen LogP contribution in [0.4, 0.5) is 14.5 Å². The van der Waals surface area contributed by atoms with Crippen LogP contribution in [0.3, 0.4) is 0 Å². The standard InChI is InChI=1S/C15H22F2N2O/c1-3-4-5-6-7-10(2)19-15(20)12-8-11(16)9-13(18)14(12)17/h8-10H,3-7,18H2,1-2H3,(H,19,20). The van der Waals surface area contributed by atoms with Gasteiger partial charge in [-0.3, -0.25) is 4.79 Å². The molecule has 0 aromatic heterocycles. The second-order valence-electron chi connectivity index (χ2n) is 5.08. The first-order valence-electron chi connectivity index (χ1n) is 7.01. The lowest BCUT2D eigenvalue weighted by Gasteiger charge is -2.14. The van der Waals surface area contributed by atoms with Gasteiger partial charge in [-0.15, -0.1) is 0 Å². The molecule has 0 radical (unpaired) electrons. The lowest BCUT2D eigenvalue weighted by atomic mass is 10.1. The van der Waals surface area contributed by atoms with Crippen molar-refractivity contribution in [1.82, 2.24) is 5.32 Å². The second-order valence-corrected chi connectivity index (χ2v) is 5.08. The first-order valence-corrected chi connectivity index (χ1v) is 7.01. The third-order valence-electron chi connectivity index (χ3n) is 3.18. The molecule has 1 aromatic rings. The first-order chi connectivity index (χ1) is 9.45. The van der Waals surface area contributed by atoms with E-state index in [1.54, 1.807) is 0 Å². The van der Waals surface area contributed by atoms with E-state index in [1.807, 2.05) is 6.92 Å². The Morgan fingerprint density at radius 1 is 1.30 bits per heavy atom. The highest BCUT2D eigenvalue weighted by Crippen LogP contribution is 2.17. The first kappa shape index (κ1) is 16.4. The number of hydrogen-bond acceptors (Lipinski definition) is 2. The summed E-state index contributed by atoms with van der Waals surface area (Å²) in [5, 5.41) is 2.67. The normalized spacial score (nSPS) is 12.2. The zero-order chi connectivity index (χ0) is 15.1. The molecule has 0 fully saturated rings. The number of amides is 1.